The molecule has 5 heteroatoms. The molecular weight excluding hydrogens is 350 g/mol. The molecule has 2 fully saturated rings. The van der Waals surface area contributed by atoms with Crippen molar-refractivity contribution < 1.29 is 9.59 Å². The third kappa shape index (κ3) is 4.34. The van der Waals surface area contributed by atoms with Crippen LogP contribution in [0.5, 0.6) is 0 Å². The molecule has 3 amide bonds. The van der Waals surface area contributed by atoms with E-state index >= 15 is 0 Å². The molecule has 1 N–H and O–H groups in total. The van der Waals surface area contributed by atoms with Gasteiger partial charge in [0.2, 0.25) is 0 Å². The van der Waals surface area contributed by atoms with Gasteiger partial charge in [-0.05, 0) is 78.9 Å². The SMILES string of the molecule is Cc1ccc(C(=O)NC2CC3CCCC(C2)N3C(=O)N(C(C)C)C(C)C)cc1. The number of nitrogens with zero attached hydrogens (tertiary/aromatic N) is 2. The third-order valence-corrected chi connectivity index (χ3v) is 6.18. The first-order valence-electron chi connectivity index (χ1n) is 10.8. The number of aryl methyl sites for hydroxylation is 1. The smallest absolute Gasteiger partial charge is 0.320 e. The summed E-state index contributed by atoms with van der Waals surface area (Å²) in [6.07, 6.45) is 4.93. The van der Waals surface area contributed by atoms with Gasteiger partial charge in [-0.15, -0.1) is 0 Å². The number of amides is 3. The lowest BCUT2D eigenvalue weighted by Crippen LogP contribution is -2.63. The zero-order valence-electron chi connectivity index (χ0n) is 17.9. The van der Waals surface area contributed by atoms with Crippen molar-refractivity contribution in [2.24, 2.45) is 0 Å². The molecule has 0 aromatic heterocycles. The predicted octanol–water partition coefficient (Wildman–Crippen LogP) is 4.35. The Balaban J connectivity index is 1.69. The Morgan fingerprint density at radius 3 is 2.04 bits per heavy atom. The maximum Gasteiger partial charge on any atom is 0.320 e. The van der Waals surface area contributed by atoms with Crippen molar-refractivity contribution >= 4 is 11.9 Å². The average molecular weight is 386 g/mol. The van der Waals surface area contributed by atoms with Crippen LogP contribution in [-0.2, 0) is 0 Å². The summed E-state index contributed by atoms with van der Waals surface area (Å²) in [4.78, 5) is 30.1. The highest BCUT2D eigenvalue weighted by molar-refractivity contribution is 5.94. The number of fused-ring (bicyclic) bond motifs is 2. The number of carbonyl (C=O) groups excluding carboxylic acids is 2. The van der Waals surface area contributed by atoms with Gasteiger partial charge in [-0.1, -0.05) is 17.7 Å². The first-order chi connectivity index (χ1) is 13.3. The first-order valence-corrected chi connectivity index (χ1v) is 10.8. The Morgan fingerprint density at radius 1 is 1.00 bits per heavy atom. The van der Waals surface area contributed by atoms with Crippen LogP contribution < -0.4 is 5.32 Å². The molecule has 0 aliphatic carbocycles. The van der Waals surface area contributed by atoms with Gasteiger partial charge in [0, 0.05) is 35.8 Å². The molecule has 28 heavy (non-hydrogen) atoms. The summed E-state index contributed by atoms with van der Waals surface area (Å²) in [5, 5.41) is 3.23. The van der Waals surface area contributed by atoms with E-state index in [1.54, 1.807) is 0 Å². The zero-order chi connectivity index (χ0) is 20.4. The van der Waals surface area contributed by atoms with Gasteiger partial charge >= 0.3 is 6.03 Å². The topological polar surface area (TPSA) is 52.7 Å². The summed E-state index contributed by atoms with van der Waals surface area (Å²) < 4.78 is 0. The lowest BCUT2D eigenvalue weighted by atomic mass is 9.81. The number of urea groups is 1. The Morgan fingerprint density at radius 2 is 1.54 bits per heavy atom. The van der Waals surface area contributed by atoms with E-state index in [9.17, 15) is 9.59 Å². The van der Waals surface area contributed by atoms with E-state index in [0.717, 1.165) is 31.2 Å². The lowest BCUT2D eigenvalue weighted by Gasteiger charge is -2.51. The summed E-state index contributed by atoms with van der Waals surface area (Å²) in [7, 11) is 0. The van der Waals surface area contributed by atoms with Crippen molar-refractivity contribution in [3.8, 4) is 0 Å². The fourth-order valence-corrected chi connectivity index (χ4v) is 4.96. The van der Waals surface area contributed by atoms with Crippen LogP contribution >= 0.6 is 0 Å². The molecule has 1 aromatic carbocycles. The second kappa shape index (κ2) is 8.54. The largest absolute Gasteiger partial charge is 0.349 e. The molecule has 0 radical (unpaired) electrons. The standard InChI is InChI=1S/C23H35N3O2/c1-15(2)25(16(3)4)23(28)26-20-7-6-8-21(26)14-19(13-20)24-22(27)18-11-9-17(5)10-12-18/h9-12,15-16,19-21H,6-8,13-14H2,1-5H3,(H,24,27). The Hall–Kier alpha value is -2.04. The minimum atomic E-state index is -0.00571. The van der Waals surface area contributed by atoms with Gasteiger partial charge in [-0.2, -0.15) is 0 Å². The van der Waals surface area contributed by atoms with Crippen LogP contribution in [0.2, 0.25) is 0 Å². The molecule has 2 saturated heterocycles. The Labute approximate surface area is 169 Å². The van der Waals surface area contributed by atoms with Crippen LogP contribution in [0.4, 0.5) is 4.79 Å². The second-order valence-corrected chi connectivity index (χ2v) is 9.03. The van der Waals surface area contributed by atoms with Crippen LogP contribution in [0.15, 0.2) is 24.3 Å². The first kappa shape index (κ1) is 20.7. The molecular formula is C23H35N3O2. The average Bonchev–Trinajstić information content (AvgIpc) is 2.60. The van der Waals surface area contributed by atoms with E-state index < -0.39 is 0 Å². The van der Waals surface area contributed by atoms with Crippen LogP contribution in [-0.4, -0.2) is 51.9 Å². The van der Waals surface area contributed by atoms with E-state index in [-0.39, 0.29) is 42.1 Å². The minimum absolute atomic E-state index is 0.00571. The summed E-state index contributed by atoms with van der Waals surface area (Å²) in [5.41, 5.74) is 1.86. The number of hydrogen-bond donors (Lipinski definition) is 1. The van der Waals surface area contributed by atoms with Crippen LogP contribution in [0.3, 0.4) is 0 Å². The number of carbonyl (C=O) groups is 2. The highest BCUT2D eigenvalue weighted by atomic mass is 16.2. The maximum atomic E-state index is 13.3. The molecule has 2 unspecified atom stereocenters. The van der Waals surface area contributed by atoms with Gasteiger partial charge in [0.15, 0.2) is 0 Å². The van der Waals surface area contributed by atoms with E-state index in [4.69, 9.17) is 0 Å². The molecule has 5 nitrogen and oxygen atoms in total. The Bertz CT molecular complexity index is 676. The molecule has 2 aliphatic heterocycles. The van der Waals surface area contributed by atoms with Crippen molar-refractivity contribution in [2.75, 3.05) is 0 Å². The molecule has 3 rings (SSSR count). The predicted molar refractivity (Wildman–Crippen MR) is 112 cm³/mol. The highest BCUT2D eigenvalue weighted by Gasteiger charge is 2.43. The van der Waals surface area contributed by atoms with E-state index in [2.05, 4.69) is 37.9 Å². The van der Waals surface area contributed by atoms with Gasteiger partial charge < -0.3 is 15.1 Å². The molecule has 154 valence electrons. The van der Waals surface area contributed by atoms with Gasteiger partial charge in [0.1, 0.15) is 0 Å². The number of nitrogens with one attached hydrogen (secondary N) is 1. The molecule has 2 atom stereocenters. The second-order valence-electron chi connectivity index (χ2n) is 9.03. The third-order valence-electron chi connectivity index (χ3n) is 6.18. The van der Waals surface area contributed by atoms with Crippen molar-refractivity contribution in [3.63, 3.8) is 0 Å². The normalized spacial score (nSPS) is 24.4. The molecule has 2 heterocycles. The fourth-order valence-electron chi connectivity index (χ4n) is 4.96. The number of hydrogen-bond acceptors (Lipinski definition) is 2. The summed E-state index contributed by atoms with van der Waals surface area (Å²) >= 11 is 0. The lowest BCUT2D eigenvalue weighted by molar-refractivity contribution is 0.0275. The summed E-state index contributed by atoms with van der Waals surface area (Å²) in [6.45, 7) is 10.4. The Kier molecular flexibility index (Phi) is 6.31. The molecule has 2 aliphatic rings. The number of benzene rings is 1. The quantitative estimate of drug-likeness (QED) is 0.838. The zero-order valence-corrected chi connectivity index (χ0v) is 17.9. The molecule has 2 bridgehead atoms. The highest BCUT2D eigenvalue weighted by Crippen LogP contribution is 2.35. The van der Waals surface area contributed by atoms with Gasteiger partial charge in [-0.3, -0.25) is 4.79 Å². The van der Waals surface area contributed by atoms with Crippen molar-refractivity contribution in [1.82, 2.24) is 15.1 Å². The van der Waals surface area contributed by atoms with E-state index in [0.29, 0.717) is 5.56 Å². The van der Waals surface area contributed by atoms with Gasteiger partial charge in [0.25, 0.3) is 5.91 Å². The van der Waals surface area contributed by atoms with Crippen molar-refractivity contribution in [1.29, 1.82) is 0 Å². The van der Waals surface area contributed by atoms with Gasteiger partial charge in [0.05, 0.1) is 0 Å². The molecule has 0 saturated carbocycles. The van der Waals surface area contributed by atoms with Gasteiger partial charge in [-0.25, -0.2) is 4.79 Å². The monoisotopic (exact) mass is 385 g/mol. The molecule has 1 aromatic rings. The van der Waals surface area contributed by atoms with Crippen LogP contribution in [0, 0.1) is 6.92 Å². The minimum Gasteiger partial charge on any atom is -0.349 e. The summed E-state index contributed by atoms with van der Waals surface area (Å²) in [6, 6.07) is 8.84. The van der Waals surface area contributed by atoms with E-state index in [1.165, 1.54) is 6.42 Å². The van der Waals surface area contributed by atoms with Crippen LogP contribution in [0.1, 0.15) is 75.7 Å². The van der Waals surface area contributed by atoms with Crippen molar-refractivity contribution in [2.45, 2.75) is 96.9 Å². The fraction of sp³-hybridized carbons (Fsp3) is 0.652. The number of piperidine rings is 2. The van der Waals surface area contributed by atoms with Crippen LogP contribution in [0.25, 0.3) is 0 Å². The summed E-state index contributed by atoms with van der Waals surface area (Å²) in [5.74, 6) is -0.00571. The number of rotatable bonds is 4. The maximum absolute atomic E-state index is 13.3. The van der Waals surface area contributed by atoms with E-state index in [1.807, 2.05) is 36.1 Å². The van der Waals surface area contributed by atoms with Crippen molar-refractivity contribution in [3.05, 3.63) is 35.4 Å². The molecule has 0 spiro atoms.